The van der Waals surface area contributed by atoms with Gasteiger partial charge in [-0.15, -0.1) is 11.6 Å². The smallest absolute Gasteiger partial charge is 0.119 e. The zero-order chi connectivity index (χ0) is 24.3. The Morgan fingerprint density at radius 1 is 0.912 bits per heavy atom. The van der Waals surface area contributed by atoms with Crippen molar-refractivity contribution in [2.75, 3.05) is 27.2 Å². The lowest BCUT2D eigenvalue weighted by Gasteiger charge is -2.13. The molecule has 0 spiro atoms. The van der Waals surface area contributed by atoms with Gasteiger partial charge in [-0.1, -0.05) is 73.7 Å². The van der Waals surface area contributed by atoms with E-state index in [9.17, 15) is 5.11 Å². The van der Waals surface area contributed by atoms with E-state index < -0.39 is 0 Å². The predicted octanol–water partition coefficient (Wildman–Crippen LogP) is 7.26. The highest BCUT2D eigenvalue weighted by Crippen LogP contribution is 2.29. The summed E-state index contributed by atoms with van der Waals surface area (Å²) in [5.74, 6) is 1.10. The lowest BCUT2D eigenvalue weighted by molar-refractivity contribution is 0.261. The summed E-state index contributed by atoms with van der Waals surface area (Å²) in [5.41, 5.74) is 5.65. The molecular weight excluding hydrogens is 442 g/mol. The molecule has 0 radical (unpaired) electrons. The molecule has 0 aromatic heterocycles. The van der Waals surface area contributed by atoms with E-state index in [0.717, 1.165) is 35.4 Å². The molecule has 0 bridgehead atoms. The number of alkyl halides is 1. The number of hydrogen-bond acceptors (Lipinski definition) is 3. The number of phenols is 1. The van der Waals surface area contributed by atoms with Crippen LogP contribution < -0.4 is 4.74 Å². The van der Waals surface area contributed by atoms with E-state index in [2.05, 4.69) is 60.4 Å². The summed E-state index contributed by atoms with van der Waals surface area (Å²) >= 11 is 6.77. The van der Waals surface area contributed by atoms with Gasteiger partial charge >= 0.3 is 0 Å². The van der Waals surface area contributed by atoms with Crippen LogP contribution in [0.2, 0.25) is 0 Å². The number of hydrogen-bond donors (Lipinski definition) is 1. The number of nitrogens with zero attached hydrogens (tertiary/aromatic N) is 1. The topological polar surface area (TPSA) is 32.7 Å². The van der Waals surface area contributed by atoms with Crippen molar-refractivity contribution in [1.29, 1.82) is 0 Å². The second-order valence-electron chi connectivity index (χ2n) is 8.50. The van der Waals surface area contributed by atoms with Gasteiger partial charge in [0, 0.05) is 6.54 Å². The van der Waals surface area contributed by atoms with Crippen molar-refractivity contribution in [1.82, 2.24) is 4.90 Å². The summed E-state index contributed by atoms with van der Waals surface area (Å²) < 4.78 is 5.85. The predicted molar refractivity (Wildman–Crippen MR) is 145 cm³/mol. The van der Waals surface area contributed by atoms with Crippen LogP contribution in [0.3, 0.4) is 0 Å². The minimum absolute atomic E-state index is 0.129. The van der Waals surface area contributed by atoms with Crippen LogP contribution >= 0.6 is 11.6 Å². The van der Waals surface area contributed by atoms with Crippen LogP contribution in [0.25, 0.3) is 11.1 Å². The lowest BCUT2D eigenvalue weighted by Crippen LogP contribution is -2.19. The molecule has 1 unspecified atom stereocenters. The van der Waals surface area contributed by atoms with Crippen LogP contribution in [0.15, 0.2) is 91.0 Å². The quantitative estimate of drug-likeness (QED) is 0.296. The minimum atomic E-state index is -0.129. The first-order valence-corrected chi connectivity index (χ1v) is 12.2. The highest BCUT2D eigenvalue weighted by Gasteiger charge is 2.09. The fourth-order valence-electron chi connectivity index (χ4n) is 3.71. The summed E-state index contributed by atoms with van der Waals surface area (Å²) in [6.07, 6.45) is 5.95. The normalized spacial score (nSPS) is 13.2. The Labute approximate surface area is 209 Å². The van der Waals surface area contributed by atoms with Gasteiger partial charge in [-0.25, -0.2) is 0 Å². The number of phenolic OH excluding ortho intramolecular Hbond substituents is 1. The Morgan fingerprint density at radius 2 is 1.53 bits per heavy atom. The van der Waals surface area contributed by atoms with Gasteiger partial charge in [0.15, 0.2) is 0 Å². The average molecular weight is 476 g/mol. The number of allylic oxidation sites excluding steroid dienone is 3. The first-order valence-electron chi connectivity index (χ1n) is 11.7. The van der Waals surface area contributed by atoms with Crippen LogP contribution in [0, 0.1) is 0 Å². The Bertz CT molecular complexity index is 1070. The molecule has 0 saturated carbocycles. The van der Waals surface area contributed by atoms with Crippen molar-refractivity contribution in [3.63, 3.8) is 0 Å². The van der Waals surface area contributed by atoms with E-state index in [-0.39, 0.29) is 11.1 Å². The maximum atomic E-state index is 9.75. The van der Waals surface area contributed by atoms with Crippen molar-refractivity contribution >= 4 is 22.7 Å². The van der Waals surface area contributed by atoms with Gasteiger partial charge in [0.25, 0.3) is 0 Å². The van der Waals surface area contributed by atoms with E-state index in [1.165, 1.54) is 11.1 Å². The summed E-state index contributed by atoms with van der Waals surface area (Å²) in [4.78, 5) is 2.10. The van der Waals surface area contributed by atoms with Crippen molar-refractivity contribution in [3.8, 4) is 11.5 Å². The Hall–Kier alpha value is -3.01. The third-order valence-electron chi connectivity index (χ3n) is 5.61. The standard InChI is InChI=1S/C30H34ClNO2/c1-4-23(24-8-6-5-7-9-24)22-27(31)14-19-30(25-10-15-28(33)16-11-25)26-12-17-29(18-13-26)34-21-20-32(2)3/h5-13,15-19,22,27,33H,4,14,20-21H2,1-3H3. The average Bonchev–Trinajstić information content (AvgIpc) is 2.85. The number of ether oxygens (including phenoxy) is 1. The molecule has 3 aromatic carbocycles. The van der Waals surface area contributed by atoms with E-state index in [1.54, 1.807) is 12.1 Å². The number of halogens is 1. The van der Waals surface area contributed by atoms with Crippen molar-refractivity contribution in [2.24, 2.45) is 0 Å². The van der Waals surface area contributed by atoms with Gasteiger partial charge in [0.05, 0.1) is 5.38 Å². The Balaban J connectivity index is 1.82. The highest BCUT2D eigenvalue weighted by atomic mass is 35.5. The molecule has 0 saturated heterocycles. The summed E-state index contributed by atoms with van der Waals surface area (Å²) in [7, 11) is 4.06. The second-order valence-corrected chi connectivity index (χ2v) is 9.06. The molecule has 0 aliphatic heterocycles. The minimum Gasteiger partial charge on any atom is -0.508 e. The van der Waals surface area contributed by atoms with Crippen LogP contribution in [-0.4, -0.2) is 42.6 Å². The molecule has 1 N–H and O–H groups in total. The van der Waals surface area contributed by atoms with Gasteiger partial charge in [-0.05, 0) is 79.0 Å². The van der Waals surface area contributed by atoms with Gasteiger partial charge < -0.3 is 14.7 Å². The van der Waals surface area contributed by atoms with E-state index >= 15 is 0 Å². The first-order chi connectivity index (χ1) is 16.5. The molecule has 4 heteroatoms. The Morgan fingerprint density at radius 3 is 2.12 bits per heavy atom. The van der Waals surface area contributed by atoms with E-state index in [0.29, 0.717) is 13.0 Å². The lowest BCUT2D eigenvalue weighted by atomic mass is 9.95. The molecule has 0 aliphatic carbocycles. The third kappa shape index (κ3) is 7.79. The molecule has 0 aliphatic rings. The zero-order valence-corrected chi connectivity index (χ0v) is 21.0. The molecular formula is C30H34ClNO2. The second kappa shape index (κ2) is 13.0. The third-order valence-corrected chi connectivity index (χ3v) is 5.91. The van der Waals surface area contributed by atoms with Gasteiger partial charge in [-0.2, -0.15) is 0 Å². The summed E-state index contributed by atoms with van der Waals surface area (Å²) in [6, 6.07) is 25.8. The first kappa shape index (κ1) is 25.6. The van der Waals surface area contributed by atoms with Crippen LogP contribution in [0.5, 0.6) is 11.5 Å². The fraction of sp³-hybridized carbons (Fsp3) is 0.267. The number of aromatic hydroxyl groups is 1. The SMILES string of the molecule is CCC(=CC(Cl)CC=C(c1ccc(O)cc1)c1ccc(OCCN(C)C)cc1)c1ccccc1. The molecule has 1 atom stereocenters. The van der Waals surface area contributed by atoms with Gasteiger partial charge in [0.1, 0.15) is 18.1 Å². The maximum Gasteiger partial charge on any atom is 0.119 e. The van der Waals surface area contributed by atoms with Crippen LogP contribution in [0.1, 0.15) is 36.5 Å². The van der Waals surface area contributed by atoms with Crippen molar-refractivity contribution < 1.29 is 9.84 Å². The number of benzene rings is 3. The van der Waals surface area contributed by atoms with Crippen LogP contribution in [-0.2, 0) is 0 Å². The number of rotatable bonds is 11. The molecule has 3 aromatic rings. The Kier molecular flexibility index (Phi) is 9.81. The van der Waals surface area contributed by atoms with Crippen molar-refractivity contribution in [2.45, 2.75) is 25.1 Å². The molecule has 34 heavy (non-hydrogen) atoms. The van der Waals surface area contributed by atoms with Gasteiger partial charge in [-0.3, -0.25) is 0 Å². The maximum absolute atomic E-state index is 9.75. The largest absolute Gasteiger partial charge is 0.508 e. The van der Waals surface area contributed by atoms with Gasteiger partial charge in [0.2, 0.25) is 0 Å². The molecule has 3 nitrogen and oxygen atoms in total. The highest BCUT2D eigenvalue weighted by molar-refractivity contribution is 6.22. The van der Waals surface area contributed by atoms with E-state index in [1.807, 2.05) is 44.4 Å². The molecule has 0 amide bonds. The van der Waals surface area contributed by atoms with Crippen molar-refractivity contribution in [3.05, 3.63) is 108 Å². The molecule has 178 valence electrons. The summed E-state index contributed by atoms with van der Waals surface area (Å²) in [5, 5.41) is 9.62. The molecule has 0 heterocycles. The molecule has 0 fully saturated rings. The van der Waals surface area contributed by atoms with Crippen LogP contribution in [0.4, 0.5) is 0 Å². The monoisotopic (exact) mass is 475 g/mol. The fourth-order valence-corrected chi connectivity index (χ4v) is 3.95. The van der Waals surface area contributed by atoms with E-state index in [4.69, 9.17) is 16.3 Å². The zero-order valence-electron chi connectivity index (χ0n) is 20.2. The summed E-state index contributed by atoms with van der Waals surface area (Å²) in [6.45, 7) is 3.67. The number of likely N-dealkylation sites (N-methyl/N-ethyl adjacent to an activating group) is 1. The molecule has 3 rings (SSSR count).